The highest BCUT2D eigenvalue weighted by Crippen LogP contribution is 2.65. The fourth-order valence-electron chi connectivity index (χ4n) is 5.91. The van der Waals surface area contributed by atoms with E-state index in [9.17, 15) is 18.0 Å². The number of carbonyl (C=O) groups is 1. The second-order valence-corrected chi connectivity index (χ2v) is 10.6. The Kier molecular flexibility index (Phi) is 4.39. The standard InChI is InChI=1S/C19H20BrClF3NO/c20-18-7-11-3-12(8-18)6-17(5-11,10-18)9-16(26)25-13-1-2-15(21)14(4-13)19(22,23)24/h1-2,4,11-12H,3,5-10H2,(H,25,26)/t11-,12+,17?,18?. The number of halogens is 5. The molecule has 26 heavy (non-hydrogen) atoms. The number of carbonyl (C=O) groups excluding carboxylic acids is 1. The Bertz CT molecular complexity index is 737. The second kappa shape index (κ2) is 6.13. The van der Waals surface area contributed by atoms with Gasteiger partial charge in [-0.1, -0.05) is 27.5 Å². The van der Waals surface area contributed by atoms with Gasteiger partial charge in [-0.05, 0) is 74.0 Å². The number of rotatable bonds is 3. The third-order valence-electron chi connectivity index (χ3n) is 6.20. The van der Waals surface area contributed by atoms with Gasteiger partial charge >= 0.3 is 6.18 Å². The van der Waals surface area contributed by atoms with E-state index in [4.69, 9.17) is 11.6 Å². The van der Waals surface area contributed by atoms with Gasteiger partial charge in [0, 0.05) is 16.4 Å². The molecular weight excluding hydrogens is 431 g/mol. The van der Waals surface area contributed by atoms with Crippen LogP contribution in [0.1, 0.15) is 50.5 Å². The normalized spacial score (nSPS) is 35.6. The number of hydrogen-bond donors (Lipinski definition) is 1. The molecule has 7 heteroatoms. The summed E-state index contributed by atoms with van der Waals surface area (Å²) < 4.78 is 39.1. The zero-order valence-electron chi connectivity index (χ0n) is 14.1. The molecule has 0 aliphatic heterocycles. The van der Waals surface area contributed by atoms with Crippen LogP contribution in [0, 0.1) is 17.3 Å². The van der Waals surface area contributed by atoms with Crippen LogP contribution >= 0.6 is 27.5 Å². The van der Waals surface area contributed by atoms with Gasteiger partial charge in [-0.15, -0.1) is 0 Å². The van der Waals surface area contributed by atoms with E-state index < -0.39 is 11.7 Å². The van der Waals surface area contributed by atoms with Gasteiger partial charge in [0.1, 0.15) is 0 Å². The molecule has 4 aliphatic carbocycles. The van der Waals surface area contributed by atoms with Crippen molar-refractivity contribution in [1.29, 1.82) is 0 Å². The van der Waals surface area contributed by atoms with Crippen molar-refractivity contribution in [2.45, 2.75) is 55.4 Å². The molecular formula is C19H20BrClF3NO. The Morgan fingerprint density at radius 1 is 1.23 bits per heavy atom. The minimum Gasteiger partial charge on any atom is -0.326 e. The van der Waals surface area contributed by atoms with Crippen LogP contribution in [0.4, 0.5) is 18.9 Å². The fourth-order valence-corrected chi connectivity index (χ4v) is 7.64. The van der Waals surface area contributed by atoms with Gasteiger partial charge in [0.05, 0.1) is 10.6 Å². The van der Waals surface area contributed by atoms with Crippen LogP contribution in [0.5, 0.6) is 0 Å². The van der Waals surface area contributed by atoms with Crippen molar-refractivity contribution in [3.8, 4) is 0 Å². The summed E-state index contributed by atoms with van der Waals surface area (Å²) in [5, 5.41) is 2.29. The second-order valence-electron chi connectivity index (χ2n) is 8.53. The first kappa shape index (κ1) is 18.6. The number of alkyl halides is 4. The van der Waals surface area contributed by atoms with Crippen molar-refractivity contribution in [3.63, 3.8) is 0 Å². The van der Waals surface area contributed by atoms with E-state index in [0.717, 1.165) is 25.3 Å². The summed E-state index contributed by atoms with van der Waals surface area (Å²) in [5.74, 6) is 1.12. The van der Waals surface area contributed by atoms with E-state index in [-0.39, 0.29) is 26.4 Å². The highest BCUT2D eigenvalue weighted by Gasteiger charge is 2.57. The Hall–Kier alpha value is -0.750. The molecule has 142 valence electrons. The maximum atomic E-state index is 13.0. The average molecular weight is 451 g/mol. The summed E-state index contributed by atoms with van der Waals surface area (Å²) in [6, 6.07) is 3.51. The van der Waals surface area contributed by atoms with Crippen LogP contribution in [0.25, 0.3) is 0 Å². The molecule has 1 aromatic rings. The maximum absolute atomic E-state index is 13.0. The third-order valence-corrected chi connectivity index (χ3v) is 7.46. The van der Waals surface area contributed by atoms with Crippen LogP contribution in [-0.2, 0) is 11.0 Å². The third kappa shape index (κ3) is 3.51. The summed E-state index contributed by atoms with van der Waals surface area (Å²) in [6.45, 7) is 0. The quantitative estimate of drug-likeness (QED) is 0.529. The van der Waals surface area contributed by atoms with Crippen molar-refractivity contribution in [2.75, 3.05) is 5.32 Å². The van der Waals surface area contributed by atoms with Crippen LogP contribution in [-0.4, -0.2) is 10.2 Å². The van der Waals surface area contributed by atoms with Gasteiger partial charge < -0.3 is 5.32 Å². The van der Waals surface area contributed by atoms with Crippen molar-refractivity contribution < 1.29 is 18.0 Å². The molecule has 5 rings (SSSR count). The van der Waals surface area contributed by atoms with Crippen LogP contribution in [0.3, 0.4) is 0 Å². The van der Waals surface area contributed by atoms with Gasteiger partial charge in [0.2, 0.25) is 5.91 Å². The lowest BCUT2D eigenvalue weighted by Gasteiger charge is -2.60. The maximum Gasteiger partial charge on any atom is 0.417 e. The molecule has 4 saturated carbocycles. The molecule has 4 bridgehead atoms. The number of benzene rings is 1. The molecule has 4 aliphatic rings. The smallest absolute Gasteiger partial charge is 0.326 e. The number of anilines is 1. The molecule has 1 amide bonds. The van der Waals surface area contributed by atoms with E-state index in [1.54, 1.807) is 0 Å². The van der Waals surface area contributed by atoms with E-state index in [1.807, 2.05) is 0 Å². The summed E-state index contributed by atoms with van der Waals surface area (Å²) in [6.07, 6.45) is 2.53. The molecule has 0 saturated heterocycles. The Labute approximate surface area is 164 Å². The minimum atomic E-state index is -4.54. The van der Waals surface area contributed by atoms with Gasteiger partial charge in [0.15, 0.2) is 0 Å². The Morgan fingerprint density at radius 2 is 1.88 bits per heavy atom. The highest BCUT2D eigenvalue weighted by atomic mass is 79.9. The molecule has 2 nitrogen and oxygen atoms in total. The summed E-state index contributed by atoms with van der Waals surface area (Å²) >= 11 is 9.56. The predicted molar refractivity (Wildman–Crippen MR) is 98.5 cm³/mol. The van der Waals surface area contributed by atoms with Crippen LogP contribution in [0.2, 0.25) is 5.02 Å². The molecule has 2 unspecified atom stereocenters. The lowest BCUT2D eigenvalue weighted by Crippen LogP contribution is -2.53. The van der Waals surface area contributed by atoms with Crippen molar-refractivity contribution in [2.24, 2.45) is 17.3 Å². The molecule has 0 heterocycles. The first-order valence-corrected chi connectivity index (χ1v) is 10.1. The summed E-state index contributed by atoms with van der Waals surface area (Å²) in [7, 11) is 0. The molecule has 0 aromatic heterocycles. The SMILES string of the molecule is O=C(CC12C[C@@H]3C[C@@H](CC(Br)(C3)C1)C2)Nc1ccc(Cl)c(C(F)(F)F)c1. The van der Waals surface area contributed by atoms with Crippen LogP contribution < -0.4 is 5.32 Å². The van der Waals surface area contributed by atoms with Crippen molar-refractivity contribution in [3.05, 3.63) is 28.8 Å². The fraction of sp³-hybridized carbons (Fsp3) is 0.632. The molecule has 1 N–H and O–H groups in total. The number of amides is 1. The van der Waals surface area contributed by atoms with E-state index in [1.165, 1.54) is 31.4 Å². The first-order chi connectivity index (χ1) is 12.1. The summed E-state index contributed by atoms with van der Waals surface area (Å²) in [5.41, 5.74) is -0.798. The molecule has 0 radical (unpaired) electrons. The van der Waals surface area contributed by atoms with Gasteiger partial charge in [-0.3, -0.25) is 4.79 Å². The lowest BCUT2D eigenvalue weighted by molar-refractivity contribution is -0.137. The van der Waals surface area contributed by atoms with E-state index in [2.05, 4.69) is 21.2 Å². The highest BCUT2D eigenvalue weighted by molar-refractivity contribution is 9.10. The Morgan fingerprint density at radius 3 is 2.46 bits per heavy atom. The largest absolute Gasteiger partial charge is 0.417 e. The van der Waals surface area contributed by atoms with E-state index in [0.29, 0.717) is 18.3 Å². The van der Waals surface area contributed by atoms with Crippen LogP contribution in [0.15, 0.2) is 18.2 Å². The zero-order chi connectivity index (χ0) is 18.7. The summed E-state index contributed by atoms with van der Waals surface area (Å²) in [4.78, 5) is 12.6. The average Bonchev–Trinajstić information content (AvgIpc) is 2.44. The number of hydrogen-bond acceptors (Lipinski definition) is 1. The first-order valence-electron chi connectivity index (χ1n) is 8.91. The van der Waals surface area contributed by atoms with Gasteiger partial charge in [0.25, 0.3) is 0 Å². The van der Waals surface area contributed by atoms with Crippen molar-refractivity contribution in [1.82, 2.24) is 0 Å². The van der Waals surface area contributed by atoms with Gasteiger partial charge in [-0.25, -0.2) is 0 Å². The number of nitrogens with one attached hydrogen (secondary N) is 1. The van der Waals surface area contributed by atoms with Crippen molar-refractivity contribution >= 4 is 39.1 Å². The zero-order valence-corrected chi connectivity index (χ0v) is 16.5. The molecule has 4 fully saturated rings. The topological polar surface area (TPSA) is 29.1 Å². The molecule has 4 atom stereocenters. The lowest BCUT2D eigenvalue weighted by atomic mass is 9.48. The molecule has 0 spiro atoms. The van der Waals surface area contributed by atoms with E-state index >= 15 is 0 Å². The Balaban J connectivity index is 1.48. The predicted octanol–water partition coefficient (Wildman–Crippen LogP) is 6.42. The molecule has 1 aromatic carbocycles. The monoisotopic (exact) mass is 449 g/mol. The van der Waals surface area contributed by atoms with Gasteiger partial charge in [-0.2, -0.15) is 13.2 Å². The minimum absolute atomic E-state index is 0.0169.